The Bertz CT molecular complexity index is 706. The van der Waals surface area contributed by atoms with E-state index >= 15 is 0 Å². The minimum atomic E-state index is -0.152. The zero-order valence-electron chi connectivity index (χ0n) is 13.3. The van der Waals surface area contributed by atoms with Gasteiger partial charge in [0.05, 0.1) is 4.88 Å². The summed E-state index contributed by atoms with van der Waals surface area (Å²) in [5.41, 5.74) is 1.24. The highest BCUT2D eigenvalue weighted by atomic mass is 35.5. The third kappa shape index (κ3) is 4.35. The summed E-state index contributed by atoms with van der Waals surface area (Å²) in [5.74, 6) is -0.147. The molecule has 1 aliphatic rings. The molecule has 3 rings (SSSR count). The molecule has 2 N–H and O–H groups in total. The second kappa shape index (κ2) is 8.28. The Kier molecular flexibility index (Phi) is 6.36. The number of hydrogen-bond donors (Lipinski definition) is 2. The molecule has 1 atom stereocenters. The van der Waals surface area contributed by atoms with Crippen LogP contribution < -0.4 is 10.6 Å². The molecule has 0 aliphatic carbocycles. The highest BCUT2D eigenvalue weighted by Gasteiger charge is 2.21. The third-order valence-corrected chi connectivity index (χ3v) is 4.64. The average molecular weight is 366 g/mol. The maximum absolute atomic E-state index is 12.6. The standard InChI is InChI=1S/C17H19N3O2S.ClH/c1-12-11-20(8-7-18-12)17(22)13-4-2-5-14(10-13)19-16(21)15-6-3-9-23-15;/h2-6,9-10,12,18H,7-8,11H2,1H3,(H,19,21);1H. The van der Waals surface area contributed by atoms with Crippen LogP contribution in [0.2, 0.25) is 0 Å². The molecule has 2 aromatic rings. The summed E-state index contributed by atoms with van der Waals surface area (Å²) in [6, 6.07) is 11.0. The van der Waals surface area contributed by atoms with Crippen LogP contribution >= 0.6 is 23.7 Å². The van der Waals surface area contributed by atoms with Gasteiger partial charge in [0, 0.05) is 36.9 Å². The number of anilines is 1. The van der Waals surface area contributed by atoms with Gasteiger partial charge in [-0.1, -0.05) is 12.1 Å². The molecule has 5 nitrogen and oxygen atoms in total. The van der Waals surface area contributed by atoms with E-state index in [2.05, 4.69) is 17.6 Å². The van der Waals surface area contributed by atoms with Gasteiger partial charge in [0.25, 0.3) is 11.8 Å². The van der Waals surface area contributed by atoms with E-state index in [1.807, 2.05) is 16.3 Å². The first-order chi connectivity index (χ1) is 11.1. The minimum Gasteiger partial charge on any atom is -0.336 e. The number of piperazine rings is 1. The molecule has 2 heterocycles. The minimum absolute atomic E-state index is 0. The number of rotatable bonds is 3. The van der Waals surface area contributed by atoms with E-state index < -0.39 is 0 Å². The molecule has 24 heavy (non-hydrogen) atoms. The lowest BCUT2D eigenvalue weighted by Crippen LogP contribution is -2.51. The van der Waals surface area contributed by atoms with Gasteiger partial charge in [0.1, 0.15) is 0 Å². The first kappa shape index (κ1) is 18.4. The summed E-state index contributed by atoms with van der Waals surface area (Å²) in [4.78, 5) is 27.2. The second-order valence-corrected chi connectivity index (χ2v) is 6.57. The molecule has 1 unspecified atom stereocenters. The first-order valence-corrected chi connectivity index (χ1v) is 8.49. The number of nitrogens with zero attached hydrogens (tertiary/aromatic N) is 1. The fourth-order valence-corrected chi connectivity index (χ4v) is 3.25. The van der Waals surface area contributed by atoms with Crippen LogP contribution in [0.25, 0.3) is 0 Å². The van der Waals surface area contributed by atoms with Gasteiger partial charge in [-0.2, -0.15) is 0 Å². The summed E-state index contributed by atoms with van der Waals surface area (Å²) < 4.78 is 0. The predicted molar refractivity (Wildman–Crippen MR) is 99.3 cm³/mol. The van der Waals surface area contributed by atoms with Crippen molar-refractivity contribution in [1.29, 1.82) is 0 Å². The molecule has 1 saturated heterocycles. The second-order valence-electron chi connectivity index (χ2n) is 5.62. The number of benzene rings is 1. The van der Waals surface area contributed by atoms with Crippen LogP contribution in [-0.2, 0) is 0 Å². The topological polar surface area (TPSA) is 61.4 Å². The van der Waals surface area contributed by atoms with E-state index in [9.17, 15) is 9.59 Å². The molecule has 1 aromatic carbocycles. The van der Waals surface area contributed by atoms with Crippen molar-refractivity contribution in [1.82, 2.24) is 10.2 Å². The number of halogens is 1. The Morgan fingerprint density at radius 2 is 2.12 bits per heavy atom. The van der Waals surface area contributed by atoms with Crippen molar-refractivity contribution in [3.63, 3.8) is 0 Å². The lowest BCUT2D eigenvalue weighted by atomic mass is 10.1. The van der Waals surface area contributed by atoms with Gasteiger partial charge in [-0.25, -0.2) is 0 Å². The van der Waals surface area contributed by atoms with Crippen LogP contribution in [0.5, 0.6) is 0 Å². The van der Waals surface area contributed by atoms with E-state index in [0.717, 1.165) is 6.54 Å². The van der Waals surface area contributed by atoms with Crippen molar-refractivity contribution in [2.45, 2.75) is 13.0 Å². The normalized spacial score (nSPS) is 17.0. The van der Waals surface area contributed by atoms with Gasteiger partial charge in [-0.05, 0) is 36.6 Å². The Morgan fingerprint density at radius 3 is 2.83 bits per heavy atom. The number of nitrogens with one attached hydrogen (secondary N) is 2. The van der Waals surface area contributed by atoms with Crippen LogP contribution in [0, 0.1) is 0 Å². The number of carbonyl (C=O) groups is 2. The van der Waals surface area contributed by atoms with E-state index in [0.29, 0.717) is 35.3 Å². The molecular weight excluding hydrogens is 346 g/mol. The Labute approximate surface area is 151 Å². The molecule has 0 spiro atoms. The average Bonchev–Trinajstić information content (AvgIpc) is 3.09. The molecule has 1 aliphatic heterocycles. The van der Waals surface area contributed by atoms with Crippen LogP contribution in [0.15, 0.2) is 41.8 Å². The van der Waals surface area contributed by atoms with Crippen molar-refractivity contribution >= 4 is 41.2 Å². The number of hydrogen-bond acceptors (Lipinski definition) is 4. The lowest BCUT2D eigenvalue weighted by molar-refractivity contribution is 0.0709. The monoisotopic (exact) mass is 365 g/mol. The van der Waals surface area contributed by atoms with E-state index in [4.69, 9.17) is 0 Å². The fourth-order valence-electron chi connectivity index (χ4n) is 2.63. The summed E-state index contributed by atoms with van der Waals surface area (Å²) in [6.45, 7) is 4.28. The molecule has 128 valence electrons. The highest BCUT2D eigenvalue weighted by molar-refractivity contribution is 7.12. The molecule has 0 bridgehead atoms. The van der Waals surface area contributed by atoms with E-state index in [-0.39, 0.29) is 24.2 Å². The smallest absolute Gasteiger partial charge is 0.265 e. The van der Waals surface area contributed by atoms with Gasteiger partial charge < -0.3 is 15.5 Å². The SMILES string of the molecule is CC1CN(C(=O)c2cccc(NC(=O)c3cccs3)c2)CCN1.Cl. The zero-order chi connectivity index (χ0) is 16.2. The fraction of sp³-hybridized carbons (Fsp3) is 0.294. The van der Waals surface area contributed by atoms with Crippen LogP contribution in [0.3, 0.4) is 0 Å². The summed E-state index contributed by atoms with van der Waals surface area (Å²) in [7, 11) is 0. The summed E-state index contributed by atoms with van der Waals surface area (Å²) in [6.07, 6.45) is 0. The molecule has 2 amide bonds. The largest absolute Gasteiger partial charge is 0.336 e. The van der Waals surface area contributed by atoms with Crippen molar-refractivity contribution in [3.8, 4) is 0 Å². The Balaban J connectivity index is 0.00000208. The first-order valence-electron chi connectivity index (χ1n) is 7.61. The van der Waals surface area contributed by atoms with Gasteiger partial charge >= 0.3 is 0 Å². The number of carbonyl (C=O) groups excluding carboxylic acids is 2. The van der Waals surface area contributed by atoms with Gasteiger partial charge in [-0.15, -0.1) is 23.7 Å². The summed E-state index contributed by atoms with van der Waals surface area (Å²) in [5, 5.41) is 8.02. The maximum atomic E-state index is 12.6. The third-order valence-electron chi connectivity index (χ3n) is 3.77. The van der Waals surface area contributed by atoms with Crippen molar-refractivity contribution in [2.75, 3.05) is 25.0 Å². The quantitative estimate of drug-likeness (QED) is 0.879. The molecule has 1 aromatic heterocycles. The Hall–Kier alpha value is -1.89. The highest BCUT2D eigenvalue weighted by Crippen LogP contribution is 2.16. The van der Waals surface area contributed by atoms with Gasteiger partial charge in [0.15, 0.2) is 0 Å². The van der Waals surface area contributed by atoms with Crippen molar-refractivity contribution < 1.29 is 9.59 Å². The van der Waals surface area contributed by atoms with Crippen molar-refractivity contribution in [3.05, 3.63) is 52.2 Å². The van der Waals surface area contributed by atoms with E-state index in [1.54, 1.807) is 30.3 Å². The molecule has 0 radical (unpaired) electrons. The molecule has 1 fully saturated rings. The number of amides is 2. The molecule has 7 heteroatoms. The molecule has 0 saturated carbocycles. The van der Waals surface area contributed by atoms with Crippen LogP contribution in [0.4, 0.5) is 5.69 Å². The van der Waals surface area contributed by atoms with Gasteiger partial charge in [0.2, 0.25) is 0 Å². The summed E-state index contributed by atoms with van der Waals surface area (Å²) >= 11 is 1.39. The Morgan fingerprint density at radius 1 is 1.29 bits per heavy atom. The van der Waals surface area contributed by atoms with Crippen molar-refractivity contribution in [2.24, 2.45) is 0 Å². The lowest BCUT2D eigenvalue weighted by Gasteiger charge is -2.32. The van der Waals surface area contributed by atoms with Crippen LogP contribution in [0.1, 0.15) is 27.0 Å². The predicted octanol–water partition coefficient (Wildman–Crippen LogP) is 2.86. The number of thiophene rings is 1. The van der Waals surface area contributed by atoms with Crippen LogP contribution in [-0.4, -0.2) is 42.4 Å². The zero-order valence-corrected chi connectivity index (χ0v) is 15.0. The van der Waals surface area contributed by atoms with Gasteiger partial charge in [-0.3, -0.25) is 9.59 Å². The molecular formula is C17H20ClN3O2S. The maximum Gasteiger partial charge on any atom is 0.265 e. The van der Waals surface area contributed by atoms with E-state index in [1.165, 1.54) is 11.3 Å².